The lowest BCUT2D eigenvalue weighted by Gasteiger charge is -2.09. The molecule has 2 aromatic rings. The Hall–Kier alpha value is -4.06. The fourth-order valence-electron chi connectivity index (χ4n) is 2.53. The molecule has 0 saturated heterocycles. The van der Waals surface area contributed by atoms with Gasteiger partial charge in [-0.3, -0.25) is 0 Å². The van der Waals surface area contributed by atoms with Crippen LogP contribution in [0.15, 0.2) is 98.4 Å². The van der Waals surface area contributed by atoms with Crippen molar-refractivity contribution in [3.8, 4) is 16.9 Å². The molecule has 0 N–H and O–H groups in total. The second kappa shape index (κ2) is 11.2. The summed E-state index contributed by atoms with van der Waals surface area (Å²) in [7, 11) is 0. The van der Waals surface area contributed by atoms with Crippen molar-refractivity contribution in [2.45, 2.75) is 6.42 Å². The van der Waals surface area contributed by atoms with Gasteiger partial charge in [-0.15, -0.1) is 0 Å². The third kappa shape index (κ3) is 6.47. The first-order valence-electron chi connectivity index (χ1n) is 9.14. The van der Waals surface area contributed by atoms with Crippen LogP contribution in [0.4, 0.5) is 8.78 Å². The normalized spacial score (nSPS) is 11.1. The maximum Gasteiger partial charge on any atom is 0.335 e. The second-order valence-electron chi connectivity index (χ2n) is 6.09. The van der Waals surface area contributed by atoms with Crippen LogP contribution in [0.25, 0.3) is 11.1 Å². The Labute approximate surface area is 179 Å². The number of carbonyl (C=O) groups excluding carboxylic acids is 2. The smallest absolute Gasteiger partial charge is 0.335 e. The molecular formula is C25H20F2O4. The molecular weight excluding hydrogens is 402 g/mol. The molecule has 0 aliphatic rings. The van der Waals surface area contributed by atoms with E-state index in [-0.39, 0.29) is 29.1 Å². The maximum absolute atomic E-state index is 14.6. The molecule has 6 heteroatoms. The van der Waals surface area contributed by atoms with E-state index < -0.39 is 23.6 Å². The standard InChI is InChI=1S/C25H20F2O4/c1-4-8-19(30-22(28)5-2)10-7-9-18-13-16-21(25(27)24(18)26)17-11-14-20(15-12-17)31-23(29)6-3/h4-8,10-16H,1-3,9H2/b10-7-,19-8+. The fourth-order valence-corrected chi connectivity index (χ4v) is 2.53. The summed E-state index contributed by atoms with van der Waals surface area (Å²) < 4.78 is 39.1. The van der Waals surface area contributed by atoms with E-state index in [1.54, 1.807) is 0 Å². The van der Waals surface area contributed by atoms with E-state index in [9.17, 15) is 18.4 Å². The number of carbonyl (C=O) groups is 2. The Morgan fingerprint density at radius 2 is 1.58 bits per heavy atom. The fraction of sp³-hybridized carbons (Fsp3) is 0.0400. The molecule has 0 fully saturated rings. The largest absolute Gasteiger partial charge is 0.423 e. The van der Waals surface area contributed by atoms with Gasteiger partial charge in [-0.1, -0.05) is 56.2 Å². The van der Waals surface area contributed by atoms with Crippen molar-refractivity contribution >= 4 is 11.9 Å². The van der Waals surface area contributed by atoms with E-state index >= 15 is 0 Å². The molecule has 0 amide bonds. The molecule has 0 radical (unpaired) electrons. The minimum atomic E-state index is -0.998. The van der Waals surface area contributed by atoms with Crippen molar-refractivity contribution < 1.29 is 27.8 Å². The number of ether oxygens (including phenoxy) is 2. The van der Waals surface area contributed by atoms with E-state index in [2.05, 4.69) is 19.7 Å². The summed E-state index contributed by atoms with van der Waals surface area (Å²) in [5.74, 6) is -2.80. The summed E-state index contributed by atoms with van der Waals surface area (Å²) in [6.07, 6.45) is 7.97. The predicted molar refractivity (Wildman–Crippen MR) is 115 cm³/mol. The lowest BCUT2D eigenvalue weighted by molar-refractivity contribution is -0.133. The average Bonchev–Trinajstić information content (AvgIpc) is 2.77. The van der Waals surface area contributed by atoms with Gasteiger partial charge in [-0.05, 0) is 41.8 Å². The highest BCUT2D eigenvalue weighted by Crippen LogP contribution is 2.28. The number of benzene rings is 2. The molecule has 0 saturated carbocycles. The highest BCUT2D eigenvalue weighted by atomic mass is 19.2. The van der Waals surface area contributed by atoms with Gasteiger partial charge >= 0.3 is 11.9 Å². The van der Waals surface area contributed by atoms with Crippen LogP contribution in [0, 0.1) is 11.6 Å². The quantitative estimate of drug-likeness (QED) is 0.173. The summed E-state index contributed by atoms with van der Waals surface area (Å²) >= 11 is 0. The van der Waals surface area contributed by atoms with Crippen LogP contribution in [0.2, 0.25) is 0 Å². The average molecular weight is 422 g/mol. The molecule has 158 valence electrons. The van der Waals surface area contributed by atoms with Crippen LogP contribution in [-0.4, -0.2) is 11.9 Å². The molecule has 0 atom stereocenters. The van der Waals surface area contributed by atoms with Gasteiger partial charge in [0.1, 0.15) is 11.5 Å². The van der Waals surface area contributed by atoms with Crippen molar-refractivity contribution in [3.05, 3.63) is 116 Å². The topological polar surface area (TPSA) is 52.6 Å². The highest BCUT2D eigenvalue weighted by molar-refractivity contribution is 5.83. The lowest BCUT2D eigenvalue weighted by Crippen LogP contribution is -2.02. The number of allylic oxidation sites excluding steroid dienone is 4. The first-order valence-corrected chi connectivity index (χ1v) is 9.14. The van der Waals surface area contributed by atoms with Crippen LogP contribution in [0.3, 0.4) is 0 Å². The molecule has 0 heterocycles. The molecule has 2 rings (SSSR count). The first-order chi connectivity index (χ1) is 14.9. The molecule has 0 aliphatic carbocycles. The summed E-state index contributed by atoms with van der Waals surface area (Å²) in [6.45, 7) is 10.1. The Balaban J connectivity index is 2.18. The Kier molecular flexibility index (Phi) is 8.40. The molecule has 2 aromatic carbocycles. The number of rotatable bonds is 9. The van der Waals surface area contributed by atoms with E-state index in [0.717, 1.165) is 12.2 Å². The van der Waals surface area contributed by atoms with E-state index in [1.165, 1.54) is 60.7 Å². The molecule has 0 bridgehead atoms. The van der Waals surface area contributed by atoms with Crippen LogP contribution in [-0.2, 0) is 20.7 Å². The minimum Gasteiger partial charge on any atom is -0.423 e. The molecule has 0 unspecified atom stereocenters. The monoisotopic (exact) mass is 422 g/mol. The Bertz CT molecular complexity index is 1060. The molecule has 4 nitrogen and oxygen atoms in total. The highest BCUT2D eigenvalue weighted by Gasteiger charge is 2.14. The summed E-state index contributed by atoms with van der Waals surface area (Å²) in [5, 5.41) is 0. The summed E-state index contributed by atoms with van der Waals surface area (Å²) in [6, 6.07) is 8.92. The van der Waals surface area contributed by atoms with Gasteiger partial charge < -0.3 is 9.47 Å². The van der Waals surface area contributed by atoms with Gasteiger partial charge in [-0.2, -0.15) is 0 Å². The summed E-state index contributed by atoms with van der Waals surface area (Å²) in [4.78, 5) is 22.5. The number of hydrogen-bond acceptors (Lipinski definition) is 4. The van der Waals surface area contributed by atoms with Crippen LogP contribution < -0.4 is 4.74 Å². The zero-order valence-electron chi connectivity index (χ0n) is 16.6. The van der Waals surface area contributed by atoms with Crippen molar-refractivity contribution in [1.29, 1.82) is 0 Å². The van der Waals surface area contributed by atoms with Gasteiger partial charge in [0.25, 0.3) is 0 Å². The zero-order chi connectivity index (χ0) is 22.8. The zero-order valence-corrected chi connectivity index (χ0v) is 16.6. The molecule has 0 aromatic heterocycles. The van der Waals surface area contributed by atoms with Crippen LogP contribution in [0.1, 0.15) is 5.56 Å². The Morgan fingerprint density at radius 3 is 2.19 bits per heavy atom. The lowest BCUT2D eigenvalue weighted by atomic mass is 10.0. The van der Waals surface area contributed by atoms with Crippen LogP contribution in [0.5, 0.6) is 5.75 Å². The van der Waals surface area contributed by atoms with Gasteiger partial charge in [0.15, 0.2) is 11.6 Å². The predicted octanol–water partition coefficient (Wildman–Crippen LogP) is 5.62. The SMILES string of the molecule is C=C/C=C(\C=C/Cc1ccc(-c2ccc(OC(=O)C=C)cc2)c(F)c1F)OC(=O)C=C. The van der Waals surface area contributed by atoms with Crippen molar-refractivity contribution in [2.75, 3.05) is 0 Å². The summed E-state index contributed by atoms with van der Waals surface area (Å²) in [5.41, 5.74) is 0.616. The van der Waals surface area contributed by atoms with Crippen molar-refractivity contribution in [2.24, 2.45) is 0 Å². The molecule has 0 aliphatic heterocycles. The third-order valence-corrected chi connectivity index (χ3v) is 4.00. The minimum absolute atomic E-state index is 0.0685. The number of halogens is 2. The van der Waals surface area contributed by atoms with Gasteiger partial charge in [0.05, 0.1) is 0 Å². The van der Waals surface area contributed by atoms with Gasteiger partial charge in [0, 0.05) is 17.7 Å². The second-order valence-corrected chi connectivity index (χ2v) is 6.09. The number of hydrogen-bond donors (Lipinski definition) is 0. The van der Waals surface area contributed by atoms with E-state index in [0.29, 0.717) is 5.56 Å². The van der Waals surface area contributed by atoms with Crippen molar-refractivity contribution in [1.82, 2.24) is 0 Å². The van der Waals surface area contributed by atoms with Crippen molar-refractivity contribution in [3.63, 3.8) is 0 Å². The van der Waals surface area contributed by atoms with E-state index in [4.69, 9.17) is 9.47 Å². The molecule has 0 spiro atoms. The van der Waals surface area contributed by atoms with Crippen LogP contribution >= 0.6 is 0 Å². The van der Waals surface area contributed by atoms with Gasteiger partial charge in [-0.25, -0.2) is 18.4 Å². The van der Waals surface area contributed by atoms with Gasteiger partial charge in [0.2, 0.25) is 0 Å². The first kappa shape index (κ1) is 23.2. The number of esters is 2. The molecule has 31 heavy (non-hydrogen) atoms. The maximum atomic E-state index is 14.6. The Morgan fingerprint density at radius 1 is 0.903 bits per heavy atom. The van der Waals surface area contributed by atoms with E-state index in [1.807, 2.05) is 0 Å². The third-order valence-electron chi connectivity index (χ3n) is 4.00.